The Balaban J connectivity index is 1.54. The topological polar surface area (TPSA) is 101 Å². The fourth-order valence-electron chi connectivity index (χ4n) is 2.85. The van der Waals surface area contributed by atoms with Crippen LogP contribution < -0.4 is 15.4 Å². The van der Waals surface area contributed by atoms with Gasteiger partial charge >= 0.3 is 0 Å². The predicted molar refractivity (Wildman–Crippen MR) is 91.2 cm³/mol. The number of hydrogen-bond acceptors (Lipinski definition) is 6. The molecule has 8 heteroatoms. The number of ether oxygens (including phenoxy) is 1. The maximum absolute atomic E-state index is 12.2. The number of amides is 1. The van der Waals surface area contributed by atoms with Crippen molar-refractivity contribution in [1.29, 1.82) is 0 Å². The van der Waals surface area contributed by atoms with Gasteiger partial charge in [-0.2, -0.15) is 0 Å². The minimum atomic E-state index is -0.796. The number of hydrogen-bond donors (Lipinski definition) is 3. The highest BCUT2D eigenvalue weighted by atomic mass is 16.5. The summed E-state index contributed by atoms with van der Waals surface area (Å²) in [6, 6.07) is 7.47. The minimum absolute atomic E-state index is 0.242. The molecule has 1 aliphatic heterocycles. The molecule has 0 radical (unpaired) electrons. The molecule has 0 atom stereocenters. The molecule has 25 heavy (non-hydrogen) atoms. The number of carbonyl (C=O) groups is 1. The molecule has 134 valence electrons. The smallest absolute Gasteiger partial charge is 0.273 e. The summed E-state index contributed by atoms with van der Waals surface area (Å²) in [6.45, 7) is 2.29. The molecule has 1 aliphatic rings. The molecule has 1 saturated heterocycles. The van der Waals surface area contributed by atoms with Gasteiger partial charge in [0, 0.05) is 6.54 Å². The van der Waals surface area contributed by atoms with Gasteiger partial charge in [0.15, 0.2) is 5.69 Å². The quantitative estimate of drug-likeness (QED) is 0.697. The standard InChI is InChI=1S/C17H23N5O3/c1-25-14-4-2-13(3-5-14)10-19-16(23)15-11-22(21-20-15)12-17(24)6-8-18-9-7-17/h2-5,11,18,24H,6-10,12H2,1H3,(H,19,23). The highest BCUT2D eigenvalue weighted by Gasteiger charge is 2.30. The Morgan fingerprint density at radius 3 is 2.76 bits per heavy atom. The number of piperidine rings is 1. The third-order valence-electron chi connectivity index (χ3n) is 4.37. The van der Waals surface area contributed by atoms with E-state index >= 15 is 0 Å². The van der Waals surface area contributed by atoms with Gasteiger partial charge < -0.3 is 20.5 Å². The number of benzene rings is 1. The number of carbonyl (C=O) groups excluding carboxylic acids is 1. The molecular weight excluding hydrogens is 322 g/mol. The Labute approximate surface area is 146 Å². The Morgan fingerprint density at radius 2 is 2.08 bits per heavy atom. The van der Waals surface area contributed by atoms with Gasteiger partial charge in [0.2, 0.25) is 0 Å². The molecule has 0 saturated carbocycles. The minimum Gasteiger partial charge on any atom is -0.497 e. The fourth-order valence-corrected chi connectivity index (χ4v) is 2.85. The van der Waals surface area contributed by atoms with Crippen molar-refractivity contribution in [2.24, 2.45) is 0 Å². The zero-order valence-electron chi connectivity index (χ0n) is 14.2. The average Bonchev–Trinajstić information content (AvgIpc) is 3.08. The zero-order valence-corrected chi connectivity index (χ0v) is 14.2. The van der Waals surface area contributed by atoms with Gasteiger partial charge in [0.05, 0.1) is 25.5 Å². The summed E-state index contributed by atoms with van der Waals surface area (Å²) in [4.78, 5) is 12.2. The van der Waals surface area contributed by atoms with Crippen molar-refractivity contribution in [1.82, 2.24) is 25.6 Å². The van der Waals surface area contributed by atoms with Crippen LogP contribution in [-0.4, -0.2) is 51.8 Å². The van der Waals surface area contributed by atoms with Crippen LogP contribution in [0.2, 0.25) is 0 Å². The fraction of sp³-hybridized carbons (Fsp3) is 0.471. The summed E-state index contributed by atoms with van der Waals surface area (Å²) in [5.41, 5.74) is 0.409. The lowest BCUT2D eigenvalue weighted by Gasteiger charge is -2.32. The molecule has 1 aromatic heterocycles. The lowest BCUT2D eigenvalue weighted by atomic mass is 9.92. The van der Waals surface area contributed by atoms with Crippen LogP contribution in [0.1, 0.15) is 28.9 Å². The first-order chi connectivity index (χ1) is 12.1. The van der Waals surface area contributed by atoms with Crippen LogP contribution >= 0.6 is 0 Å². The van der Waals surface area contributed by atoms with Crippen LogP contribution in [0, 0.1) is 0 Å². The molecule has 0 unspecified atom stereocenters. The number of aliphatic hydroxyl groups is 1. The average molecular weight is 345 g/mol. The van der Waals surface area contributed by atoms with Crippen molar-refractivity contribution in [3.05, 3.63) is 41.7 Å². The van der Waals surface area contributed by atoms with E-state index in [0.717, 1.165) is 24.4 Å². The SMILES string of the molecule is COc1ccc(CNC(=O)c2cn(CC3(O)CCNCC3)nn2)cc1. The van der Waals surface area contributed by atoms with E-state index in [-0.39, 0.29) is 11.6 Å². The first-order valence-corrected chi connectivity index (χ1v) is 8.32. The van der Waals surface area contributed by atoms with Crippen molar-refractivity contribution in [2.75, 3.05) is 20.2 Å². The number of aromatic nitrogens is 3. The van der Waals surface area contributed by atoms with Crippen molar-refractivity contribution in [2.45, 2.75) is 31.5 Å². The molecule has 2 heterocycles. The lowest BCUT2D eigenvalue weighted by Crippen LogP contribution is -2.44. The number of nitrogens with one attached hydrogen (secondary N) is 2. The van der Waals surface area contributed by atoms with Gasteiger partial charge in [-0.15, -0.1) is 5.10 Å². The number of nitrogens with zero attached hydrogens (tertiary/aromatic N) is 3. The first kappa shape index (κ1) is 17.4. The monoisotopic (exact) mass is 345 g/mol. The molecule has 3 N–H and O–H groups in total. The van der Waals surface area contributed by atoms with Gasteiger partial charge in [0.25, 0.3) is 5.91 Å². The molecule has 2 aromatic rings. The largest absolute Gasteiger partial charge is 0.497 e. The third kappa shape index (κ3) is 4.55. The maximum Gasteiger partial charge on any atom is 0.273 e. The maximum atomic E-state index is 12.2. The van der Waals surface area contributed by atoms with E-state index in [1.165, 1.54) is 4.68 Å². The Morgan fingerprint density at radius 1 is 1.36 bits per heavy atom. The van der Waals surface area contributed by atoms with E-state index < -0.39 is 5.60 Å². The predicted octanol–water partition coefficient (Wildman–Crippen LogP) is 0.331. The van der Waals surface area contributed by atoms with Crippen LogP contribution in [0.15, 0.2) is 30.5 Å². The Hall–Kier alpha value is -2.45. The number of methoxy groups -OCH3 is 1. The zero-order chi connectivity index (χ0) is 17.7. The summed E-state index contributed by atoms with van der Waals surface area (Å²) >= 11 is 0. The summed E-state index contributed by atoms with van der Waals surface area (Å²) in [5, 5.41) is 24.4. The van der Waals surface area contributed by atoms with Crippen LogP contribution in [0.3, 0.4) is 0 Å². The van der Waals surface area contributed by atoms with Crippen LogP contribution in [0.5, 0.6) is 5.75 Å². The Kier molecular flexibility index (Phi) is 5.30. The first-order valence-electron chi connectivity index (χ1n) is 8.32. The van der Waals surface area contributed by atoms with Crippen molar-refractivity contribution in [3.63, 3.8) is 0 Å². The molecule has 1 fully saturated rings. The molecule has 0 bridgehead atoms. The molecule has 1 aromatic carbocycles. The second-order valence-corrected chi connectivity index (χ2v) is 6.31. The van der Waals surface area contributed by atoms with Crippen molar-refractivity contribution in [3.8, 4) is 5.75 Å². The van der Waals surface area contributed by atoms with E-state index in [4.69, 9.17) is 4.74 Å². The van der Waals surface area contributed by atoms with Crippen LogP contribution in [0.4, 0.5) is 0 Å². The second-order valence-electron chi connectivity index (χ2n) is 6.31. The Bertz CT molecular complexity index is 707. The highest BCUT2D eigenvalue weighted by molar-refractivity contribution is 5.91. The summed E-state index contributed by atoms with van der Waals surface area (Å²) < 4.78 is 6.64. The van der Waals surface area contributed by atoms with Gasteiger partial charge in [-0.25, -0.2) is 4.68 Å². The van der Waals surface area contributed by atoms with Crippen molar-refractivity contribution < 1.29 is 14.6 Å². The summed E-state index contributed by atoms with van der Waals surface area (Å²) in [6.07, 6.45) is 2.89. The van der Waals surface area contributed by atoms with Gasteiger partial charge in [-0.1, -0.05) is 17.3 Å². The molecule has 0 spiro atoms. The molecule has 8 nitrogen and oxygen atoms in total. The highest BCUT2D eigenvalue weighted by Crippen LogP contribution is 2.19. The summed E-state index contributed by atoms with van der Waals surface area (Å²) in [5.74, 6) is 0.480. The number of rotatable bonds is 6. The van der Waals surface area contributed by atoms with Crippen molar-refractivity contribution >= 4 is 5.91 Å². The molecule has 1 amide bonds. The molecule has 3 rings (SSSR count). The van der Waals surface area contributed by atoms with Crippen LogP contribution in [-0.2, 0) is 13.1 Å². The lowest BCUT2D eigenvalue weighted by molar-refractivity contribution is -0.00866. The van der Waals surface area contributed by atoms with Gasteiger partial charge in [-0.3, -0.25) is 4.79 Å². The van der Waals surface area contributed by atoms with E-state index in [9.17, 15) is 9.90 Å². The van der Waals surface area contributed by atoms with E-state index in [1.807, 2.05) is 24.3 Å². The van der Waals surface area contributed by atoms with E-state index in [2.05, 4.69) is 20.9 Å². The van der Waals surface area contributed by atoms with Gasteiger partial charge in [0.1, 0.15) is 5.75 Å². The normalized spacial score (nSPS) is 16.4. The van der Waals surface area contributed by atoms with E-state index in [0.29, 0.717) is 25.9 Å². The van der Waals surface area contributed by atoms with Gasteiger partial charge in [-0.05, 0) is 43.6 Å². The second kappa shape index (κ2) is 7.62. The van der Waals surface area contributed by atoms with Crippen LogP contribution in [0.25, 0.3) is 0 Å². The molecule has 0 aliphatic carbocycles. The third-order valence-corrected chi connectivity index (χ3v) is 4.37. The molecular formula is C17H23N5O3. The summed E-state index contributed by atoms with van der Waals surface area (Å²) in [7, 11) is 1.61. The van der Waals surface area contributed by atoms with E-state index in [1.54, 1.807) is 13.3 Å².